The lowest BCUT2D eigenvalue weighted by molar-refractivity contribution is 0.0519. The molecule has 0 spiro atoms. The van der Waals surface area contributed by atoms with E-state index in [0.717, 1.165) is 11.3 Å². The highest BCUT2D eigenvalue weighted by Crippen LogP contribution is 2.26. The van der Waals surface area contributed by atoms with Gasteiger partial charge in [0.15, 0.2) is 5.69 Å². The van der Waals surface area contributed by atoms with Gasteiger partial charge in [0.1, 0.15) is 0 Å². The van der Waals surface area contributed by atoms with Crippen molar-refractivity contribution in [2.75, 3.05) is 6.61 Å². The molecule has 0 fully saturated rings. The summed E-state index contributed by atoms with van der Waals surface area (Å²) in [6.45, 7) is 4.10. The second-order valence-electron chi connectivity index (χ2n) is 5.91. The standard InChI is InChI=1S/C20H18Cl2N2O2/c1-3-26-20(25)18-12-16(10-14-6-4-13(2)5-7-14)24(23-18)19-9-8-15(21)11-17(19)22/h4-9,11-12H,3,10H2,1-2H3. The molecule has 0 aliphatic carbocycles. The maximum Gasteiger partial charge on any atom is 0.358 e. The molecule has 1 aromatic heterocycles. The Bertz CT molecular complexity index is 933. The Kier molecular flexibility index (Phi) is 5.64. The van der Waals surface area contributed by atoms with Gasteiger partial charge in [-0.3, -0.25) is 0 Å². The van der Waals surface area contributed by atoms with Crippen LogP contribution in [0.25, 0.3) is 5.69 Å². The van der Waals surface area contributed by atoms with Gasteiger partial charge in [-0.15, -0.1) is 0 Å². The van der Waals surface area contributed by atoms with Crippen LogP contribution in [0.3, 0.4) is 0 Å². The fraction of sp³-hybridized carbons (Fsp3) is 0.200. The molecule has 0 amide bonds. The van der Waals surface area contributed by atoms with Gasteiger partial charge in [-0.1, -0.05) is 53.0 Å². The van der Waals surface area contributed by atoms with Gasteiger partial charge in [-0.05, 0) is 43.7 Å². The van der Waals surface area contributed by atoms with Crippen molar-refractivity contribution in [1.29, 1.82) is 0 Å². The van der Waals surface area contributed by atoms with E-state index in [1.165, 1.54) is 5.56 Å². The molecule has 134 valence electrons. The van der Waals surface area contributed by atoms with E-state index in [9.17, 15) is 4.79 Å². The first-order valence-electron chi connectivity index (χ1n) is 8.25. The number of hydrogen-bond acceptors (Lipinski definition) is 3. The van der Waals surface area contributed by atoms with E-state index in [2.05, 4.69) is 29.4 Å². The summed E-state index contributed by atoms with van der Waals surface area (Å²) in [6, 6.07) is 15.1. The van der Waals surface area contributed by atoms with Gasteiger partial charge >= 0.3 is 5.97 Å². The quantitative estimate of drug-likeness (QED) is 0.560. The summed E-state index contributed by atoms with van der Waals surface area (Å²) in [5.41, 5.74) is 4.04. The molecule has 0 radical (unpaired) electrons. The maximum atomic E-state index is 12.1. The maximum absolute atomic E-state index is 12.1. The first-order chi connectivity index (χ1) is 12.5. The Hall–Kier alpha value is -2.30. The first kappa shape index (κ1) is 18.5. The van der Waals surface area contributed by atoms with E-state index in [1.54, 1.807) is 35.9 Å². The van der Waals surface area contributed by atoms with Gasteiger partial charge in [0.2, 0.25) is 0 Å². The summed E-state index contributed by atoms with van der Waals surface area (Å²) in [7, 11) is 0. The van der Waals surface area contributed by atoms with Crippen LogP contribution in [0, 0.1) is 6.92 Å². The summed E-state index contributed by atoms with van der Waals surface area (Å²) in [4.78, 5) is 12.1. The van der Waals surface area contributed by atoms with Crippen LogP contribution in [-0.2, 0) is 11.2 Å². The SMILES string of the molecule is CCOC(=O)c1cc(Cc2ccc(C)cc2)n(-c2ccc(Cl)cc2Cl)n1. The number of carbonyl (C=O) groups is 1. The fourth-order valence-corrected chi connectivity index (χ4v) is 3.12. The van der Waals surface area contributed by atoms with Crippen molar-refractivity contribution in [1.82, 2.24) is 9.78 Å². The number of rotatable bonds is 5. The fourth-order valence-electron chi connectivity index (χ4n) is 2.63. The van der Waals surface area contributed by atoms with Gasteiger partial charge in [-0.25, -0.2) is 9.48 Å². The van der Waals surface area contributed by atoms with Crippen molar-refractivity contribution in [3.8, 4) is 5.69 Å². The second-order valence-corrected chi connectivity index (χ2v) is 6.75. The molecule has 3 rings (SSSR count). The van der Waals surface area contributed by atoms with Crippen molar-refractivity contribution >= 4 is 29.2 Å². The van der Waals surface area contributed by atoms with Crippen molar-refractivity contribution in [3.63, 3.8) is 0 Å². The first-order valence-corrected chi connectivity index (χ1v) is 9.00. The molecule has 0 bridgehead atoms. The molecule has 0 aliphatic heterocycles. The predicted octanol–water partition coefficient (Wildman–Crippen LogP) is 5.26. The van der Waals surface area contributed by atoms with Crippen LogP contribution < -0.4 is 0 Å². The zero-order valence-electron chi connectivity index (χ0n) is 14.5. The van der Waals surface area contributed by atoms with E-state index in [-0.39, 0.29) is 5.69 Å². The van der Waals surface area contributed by atoms with Gasteiger partial charge in [-0.2, -0.15) is 5.10 Å². The Labute approximate surface area is 162 Å². The number of hydrogen-bond donors (Lipinski definition) is 0. The van der Waals surface area contributed by atoms with E-state index >= 15 is 0 Å². The second kappa shape index (κ2) is 7.94. The molecule has 0 saturated heterocycles. The van der Waals surface area contributed by atoms with Gasteiger partial charge in [0, 0.05) is 17.1 Å². The highest BCUT2D eigenvalue weighted by Gasteiger charge is 2.18. The minimum atomic E-state index is -0.457. The molecular formula is C20H18Cl2N2O2. The molecule has 26 heavy (non-hydrogen) atoms. The topological polar surface area (TPSA) is 44.1 Å². The van der Waals surface area contributed by atoms with Crippen molar-refractivity contribution in [2.24, 2.45) is 0 Å². The minimum Gasteiger partial charge on any atom is -0.461 e. The van der Waals surface area contributed by atoms with Crippen LogP contribution in [0.2, 0.25) is 10.0 Å². The molecule has 3 aromatic rings. The van der Waals surface area contributed by atoms with Crippen LogP contribution in [-0.4, -0.2) is 22.4 Å². The Morgan fingerprint density at radius 2 is 1.85 bits per heavy atom. The number of halogens is 2. The van der Waals surface area contributed by atoms with Crippen molar-refractivity contribution in [2.45, 2.75) is 20.3 Å². The zero-order valence-corrected chi connectivity index (χ0v) is 16.0. The van der Waals surface area contributed by atoms with E-state index in [4.69, 9.17) is 27.9 Å². The highest BCUT2D eigenvalue weighted by molar-refractivity contribution is 6.35. The minimum absolute atomic E-state index is 0.250. The number of benzene rings is 2. The molecule has 1 heterocycles. The largest absolute Gasteiger partial charge is 0.461 e. The Morgan fingerprint density at radius 3 is 2.50 bits per heavy atom. The van der Waals surface area contributed by atoms with Crippen LogP contribution >= 0.6 is 23.2 Å². The van der Waals surface area contributed by atoms with Crippen LogP contribution in [0.1, 0.15) is 34.2 Å². The summed E-state index contributed by atoms with van der Waals surface area (Å²) in [6.07, 6.45) is 0.603. The number of aromatic nitrogens is 2. The third-order valence-electron chi connectivity index (χ3n) is 3.91. The van der Waals surface area contributed by atoms with Crippen molar-refractivity contribution in [3.05, 3.63) is 81.1 Å². The number of aryl methyl sites for hydroxylation is 1. The molecule has 0 N–H and O–H groups in total. The Morgan fingerprint density at radius 1 is 1.12 bits per heavy atom. The highest BCUT2D eigenvalue weighted by atomic mass is 35.5. The summed E-state index contributed by atoms with van der Waals surface area (Å²) in [5.74, 6) is -0.457. The lowest BCUT2D eigenvalue weighted by atomic mass is 10.1. The van der Waals surface area contributed by atoms with E-state index in [1.807, 2.05) is 6.92 Å². The molecule has 0 saturated carbocycles. The smallest absolute Gasteiger partial charge is 0.358 e. The van der Waals surface area contributed by atoms with Crippen LogP contribution in [0.4, 0.5) is 0 Å². The van der Waals surface area contributed by atoms with Crippen molar-refractivity contribution < 1.29 is 9.53 Å². The normalized spacial score (nSPS) is 10.8. The predicted molar refractivity (Wildman–Crippen MR) is 104 cm³/mol. The lowest BCUT2D eigenvalue weighted by Crippen LogP contribution is -2.07. The van der Waals surface area contributed by atoms with Gasteiger partial charge in [0.05, 0.1) is 17.3 Å². The average Bonchev–Trinajstić information content (AvgIpc) is 3.01. The zero-order chi connectivity index (χ0) is 18.7. The summed E-state index contributed by atoms with van der Waals surface area (Å²) >= 11 is 12.3. The number of nitrogens with zero attached hydrogens (tertiary/aromatic N) is 2. The third-order valence-corrected chi connectivity index (χ3v) is 4.45. The van der Waals surface area contributed by atoms with E-state index in [0.29, 0.717) is 28.8 Å². The number of carbonyl (C=O) groups excluding carboxylic acids is 1. The van der Waals surface area contributed by atoms with Crippen LogP contribution in [0.5, 0.6) is 0 Å². The number of esters is 1. The molecular weight excluding hydrogens is 371 g/mol. The monoisotopic (exact) mass is 388 g/mol. The molecule has 0 unspecified atom stereocenters. The summed E-state index contributed by atoms with van der Waals surface area (Å²) < 4.78 is 6.75. The molecule has 0 aliphatic rings. The molecule has 4 nitrogen and oxygen atoms in total. The Balaban J connectivity index is 2.05. The van der Waals surface area contributed by atoms with Gasteiger partial charge < -0.3 is 4.74 Å². The third kappa shape index (κ3) is 4.09. The lowest BCUT2D eigenvalue weighted by Gasteiger charge is -2.10. The number of ether oxygens (including phenoxy) is 1. The average molecular weight is 389 g/mol. The van der Waals surface area contributed by atoms with Crippen LogP contribution in [0.15, 0.2) is 48.5 Å². The molecule has 2 aromatic carbocycles. The van der Waals surface area contributed by atoms with Gasteiger partial charge in [0.25, 0.3) is 0 Å². The molecule has 0 atom stereocenters. The molecule has 6 heteroatoms. The summed E-state index contributed by atoms with van der Waals surface area (Å²) in [5, 5.41) is 5.42. The van der Waals surface area contributed by atoms with E-state index < -0.39 is 5.97 Å².